The first-order valence-corrected chi connectivity index (χ1v) is 4.95. The molecule has 17 heavy (non-hydrogen) atoms. The number of ketones is 1. The van der Waals surface area contributed by atoms with Crippen molar-refractivity contribution in [2.75, 3.05) is 7.05 Å². The summed E-state index contributed by atoms with van der Waals surface area (Å²) in [5, 5.41) is 2.67. The van der Waals surface area contributed by atoms with Crippen LogP contribution >= 0.6 is 0 Å². The minimum atomic E-state index is -4.56. The van der Waals surface area contributed by atoms with Crippen molar-refractivity contribution in [2.45, 2.75) is 25.6 Å². The third-order valence-corrected chi connectivity index (χ3v) is 2.56. The highest BCUT2D eigenvalue weighted by Gasteiger charge is 2.38. The van der Waals surface area contributed by atoms with Gasteiger partial charge in [-0.15, -0.1) is 0 Å². The fourth-order valence-electron chi connectivity index (χ4n) is 1.27. The van der Waals surface area contributed by atoms with E-state index in [4.69, 9.17) is 0 Å². The normalized spacial score (nSPS) is 12.6. The Morgan fingerprint density at radius 3 is 2.41 bits per heavy atom. The second kappa shape index (κ2) is 4.44. The Morgan fingerprint density at radius 2 is 1.94 bits per heavy atom. The Hall–Kier alpha value is -1.43. The highest BCUT2D eigenvalue weighted by molar-refractivity contribution is 6.03. The zero-order valence-electron chi connectivity index (χ0n) is 9.72. The Balaban J connectivity index is 3.29. The van der Waals surface area contributed by atoms with Gasteiger partial charge in [-0.25, -0.2) is 0 Å². The number of halogens is 3. The van der Waals surface area contributed by atoms with Crippen molar-refractivity contribution in [3.8, 4) is 0 Å². The molecular weight excluding hydrogens is 233 g/mol. The third-order valence-electron chi connectivity index (χ3n) is 2.56. The average molecular weight is 246 g/mol. The molecule has 0 amide bonds. The number of nitrogens with zero attached hydrogens (tertiary/aromatic N) is 1. The molecule has 0 saturated carbocycles. The third kappa shape index (κ3) is 2.82. The van der Waals surface area contributed by atoms with Gasteiger partial charge in [-0.05, 0) is 27.0 Å². The number of rotatable bonds is 3. The van der Waals surface area contributed by atoms with Crippen molar-refractivity contribution in [1.82, 2.24) is 10.3 Å². The standard InChI is InChI=1S/C11H13F3N2O/c1-10(2,15-3)9(17)7-6-16-5-4-8(7)11(12,13)14/h4-6,15H,1-3H3. The molecular formula is C11H13F3N2O. The number of Topliss-reactive ketones (excluding diaryl/α,β-unsaturated/α-hetero) is 1. The van der Waals surface area contributed by atoms with Crippen molar-refractivity contribution in [1.29, 1.82) is 0 Å². The smallest absolute Gasteiger partial charge is 0.308 e. The molecule has 0 aliphatic carbocycles. The van der Waals surface area contributed by atoms with Crippen LogP contribution in [0.5, 0.6) is 0 Å². The first kappa shape index (κ1) is 13.6. The lowest BCUT2D eigenvalue weighted by Crippen LogP contribution is -2.45. The molecule has 3 nitrogen and oxygen atoms in total. The van der Waals surface area contributed by atoms with E-state index in [0.29, 0.717) is 0 Å². The summed E-state index contributed by atoms with van der Waals surface area (Å²) >= 11 is 0. The maximum atomic E-state index is 12.7. The van der Waals surface area contributed by atoms with Crippen LogP contribution < -0.4 is 5.32 Å². The zero-order valence-corrected chi connectivity index (χ0v) is 9.72. The van der Waals surface area contributed by atoms with E-state index in [9.17, 15) is 18.0 Å². The number of nitrogens with one attached hydrogen (secondary N) is 1. The van der Waals surface area contributed by atoms with Crippen LogP contribution in [-0.2, 0) is 6.18 Å². The van der Waals surface area contributed by atoms with E-state index in [1.165, 1.54) is 20.9 Å². The fraction of sp³-hybridized carbons (Fsp3) is 0.455. The van der Waals surface area contributed by atoms with Crippen LogP contribution in [0.15, 0.2) is 18.5 Å². The summed E-state index contributed by atoms with van der Waals surface area (Å²) in [7, 11) is 1.52. The largest absolute Gasteiger partial charge is 0.417 e. The van der Waals surface area contributed by atoms with Crippen LogP contribution in [0.3, 0.4) is 0 Å². The predicted molar refractivity (Wildman–Crippen MR) is 56.7 cm³/mol. The summed E-state index contributed by atoms with van der Waals surface area (Å²) in [6.07, 6.45) is -2.59. The van der Waals surface area contributed by atoms with Gasteiger partial charge in [-0.1, -0.05) is 0 Å². The van der Waals surface area contributed by atoms with Crippen LogP contribution in [0.1, 0.15) is 29.8 Å². The van der Waals surface area contributed by atoms with Gasteiger partial charge >= 0.3 is 6.18 Å². The number of likely N-dealkylation sites (N-methyl/N-ethyl adjacent to an activating group) is 1. The van der Waals surface area contributed by atoms with E-state index >= 15 is 0 Å². The molecule has 0 radical (unpaired) electrons. The van der Waals surface area contributed by atoms with Gasteiger partial charge in [0.2, 0.25) is 0 Å². The fourth-order valence-corrected chi connectivity index (χ4v) is 1.27. The molecule has 0 saturated heterocycles. The number of pyridine rings is 1. The van der Waals surface area contributed by atoms with Gasteiger partial charge < -0.3 is 5.32 Å². The molecule has 1 heterocycles. The number of carbonyl (C=O) groups excluding carboxylic acids is 1. The summed E-state index contributed by atoms with van der Waals surface area (Å²) in [5.41, 5.74) is -2.44. The predicted octanol–water partition coefficient (Wildman–Crippen LogP) is 2.28. The van der Waals surface area contributed by atoms with E-state index in [1.807, 2.05) is 0 Å². The average Bonchev–Trinajstić information content (AvgIpc) is 2.27. The summed E-state index contributed by atoms with van der Waals surface area (Å²) in [6, 6.07) is 0.805. The van der Waals surface area contributed by atoms with Crippen molar-refractivity contribution in [3.63, 3.8) is 0 Å². The number of hydrogen-bond donors (Lipinski definition) is 1. The number of aromatic nitrogens is 1. The maximum absolute atomic E-state index is 12.7. The SMILES string of the molecule is CNC(C)(C)C(=O)c1cnccc1C(F)(F)F. The van der Waals surface area contributed by atoms with Crippen molar-refractivity contribution >= 4 is 5.78 Å². The van der Waals surface area contributed by atoms with E-state index in [1.54, 1.807) is 0 Å². The molecule has 0 fully saturated rings. The zero-order chi connectivity index (χ0) is 13.3. The van der Waals surface area contributed by atoms with E-state index in [0.717, 1.165) is 18.5 Å². The van der Waals surface area contributed by atoms with Crippen molar-refractivity contribution in [2.24, 2.45) is 0 Å². The quantitative estimate of drug-likeness (QED) is 0.832. The molecule has 0 aromatic carbocycles. The summed E-state index contributed by atoms with van der Waals surface area (Å²) in [6.45, 7) is 3.03. The summed E-state index contributed by atoms with van der Waals surface area (Å²) < 4.78 is 38.1. The lowest BCUT2D eigenvalue weighted by atomic mass is 9.91. The van der Waals surface area contributed by atoms with Crippen LogP contribution in [0.25, 0.3) is 0 Å². The molecule has 0 bridgehead atoms. The molecule has 0 aliphatic heterocycles. The molecule has 0 atom stereocenters. The Morgan fingerprint density at radius 1 is 1.35 bits per heavy atom. The van der Waals surface area contributed by atoms with Gasteiger partial charge in [0.25, 0.3) is 0 Å². The molecule has 0 spiro atoms. The van der Waals surface area contributed by atoms with E-state index in [-0.39, 0.29) is 0 Å². The van der Waals surface area contributed by atoms with Crippen molar-refractivity contribution in [3.05, 3.63) is 29.6 Å². The molecule has 1 aromatic heterocycles. The summed E-state index contributed by atoms with van der Waals surface area (Å²) in [5.74, 6) is -0.638. The van der Waals surface area contributed by atoms with Gasteiger partial charge in [0.1, 0.15) is 0 Å². The van der Waals surface area contributed by atoms with Gasteiger partial charge in [0.05, 0.1) is 16.7 Å². The van der Waals surface area contributed by atoms with Gasteiger partial charge in [-0.2, -0.15) is 13.2 Å². The molecule has 1 rings (SSSR count). The molecule has 0 aliphatic rings. The molecule has 6 heteroatoms. The molecule has 0 unspecified atom stereocenters. The second-order valence-electron chi connectivity index (χ2n) is 4.12. The highest BCUT2D eigenvalue weighted by atomic mass is 19.4. The Labute approximate surface area is 97.0 Å². The van der Waals surface area contributed by atoms with Gasteiger partial charge in [0.15, 0.2) is 5.78 Å². The Bertz CT molecular complexity index is 427. The van der Waals surface area contributed by atoms with Crippen LogP contribution in [0.4, 0.5) is 13.2 Å². The number of alkyl halides is 3. The maximum Gasteiger partial charge on any atom is 0.417 e. The van der Waals surface area contributed by atoms with Crippen LogP contribution in [0.2, 0.25) is 0 Å². The second-order valence-corrected chi connectivity index (χ2v) is 4.12. The van der Waals surface area contributed by atoms with Gasteiger partial charge in [0, 0.05) is 12.4 Å². The number of carbonyl (C=O) groups is 1. The Kier molecular flexibility index (Phi) is 3.56. The monoisotopic (exact) mass is 246 g/mol. The summed E-state index contributed by atoms with van der Waals surface area (Å²) in [4.78, 5) is 15.5. The molecule has 94 valence electrons. The molecule has 1 N–H and O–H groups in total. The topological polar surface area (TPSA) is 42.0 Å². The van der Waals surface area contributed by atoms with Crippen LogP contribution in [0, 0.1) is 0 Å². The molecule has 1 aromatic rings. The highest BCUT2D eigenvalue weighted by Crippen LogP contribution is 2.32. The lowest BCUT2D eigenvalue weighted by molar-refractivity contribution is -0.138. The van der Waals surface area contributed by atoms with Crippen LogP contribution in [-0.4, -0.2) is 23.4 Å². The first-order valence-electron chi connectivity index (χ1n) is 4.95. The van der Waals surface area contributed by atoms with E-state index in [2.05, 4.69) is 10.3 Å². The number of hydrogen-bond acceptors (Lipinski definition) is 3. The minimum absolute atomic E-state index is 0.417. The lowest BCUT2D eigenvalue weighted by Gasteiger charge is -2.23. The van der Waals surface area contributed by atoms with E-state index < -0.39 is 28.6 Å². The van der Waals surface area contributed by atoms with Crippen molar-refractivity contribution < 1.29 is 18.0 Å². The van der Waals surface area contributed by atoms with Gasteiger partial charge in [-0.3, -0.25) is 9.78 Å². The first-order chi connectivity index (χ1) is 7.70. The minimum Gasteiger partial charge on any atom is -0.308 e.